The fourth-order valence-electron chi connectivity index (χ4n) is 2.56. The molecule has 20 heavy (non-hydrogen) atoms. The Morgan fingerprint density at radius 3 is 2.40 bits per heavy atom. The number of anilines is 1. The van der Waals surface area contributed by atoms with Crippen LogP contribution in [0.25, 0.3) is 0 Å². The van der Waals surface area contributed by atoms with Crippen LogP contribution in [0.1, 0.15) is 11.1 Å². The first-order chi connectivity index (χ1) is 9.63. The van der Waals surface area contributed by atoms with Crippen LogP contribution in [0.2, 0.25) is 5.02 Å². The number of carbonyl (C=O) groups is 1. The molecule has 0 saturated carbocycles. The van der Waals surface area contributed by atoms with E-state index in [-0.39, 0.29) is 11.8 Å². The number of benzene rings is 2. The summed E-state index contributed by atoms with van der Waals surface area (Å²) < 4.78 is 0.824. The molecule has 102 valence electrons. The van der Waals surface area contributed by atoms with Gasteiger partial charge in [0.1, 0.15) is 0 Å². The van der Waals surface area contributed by atoms with Crippen molar-refractivity contribution < 1.29 is 4.79 Å². The monoisotopic (exact) mass is 349 g/mol. The Kier molecular flexibility index (Phi) is 3.81. The van der Waals surface area contributed by atoms with E-state index in [0.29, 0.717) is 5.02 Å². The normalized spacial score (nSPS) is 14.1. The number of nitrogens with one attached hydrogen (secondary N) is 1. The maximum Gasteiger partial charge on any atom is 0.228 e. The minimum absolute atomic E-state index is 0.00909. The topological polar surface area (TPSA) is 29.1 Å². The molecule has 2 nitrogen and oxygen atoms in total. The van der Waals surface area contributed by atoms with Crippen molar-refractivity contribution in [2.75, 3.05) is 5.32 Å². The quantitative estimate of drug-likeness (QED) is 0.851. The number of halogens is 2. The first-order valence-electron chi connectivity index (χ1n) is 6.46. The summed E-state index contributed by atoms with van der Waals surface area (Å²) in [6, 6.07) is 13.7. The number of hydrogen-bond donors (Lipinski definition) is 1. The van der Waals surface area contributed by atoms with Gasteiger partial charge in [0, 0.05) is 16.1 Å². The van der Waals surface area contributed by atoms with E-state index in [1.54, 1.807) is 6.07 Å². The van der Waals surface area contributed by atoms with Crippen LogP contribution in [0.4, 0.5) is 5.69 Å². The van der Waals surface area contributed by atoms with Gasteiger partial charge in [-0.3, -0.25) is 4.79 Å². The second kappa shape index (κ2) is 5.58. The van der Waals surface area contributed by atoms with Gasteiger partial charge in [0.05, 0.1) is 5.02 Å². The summed E-state index contributed by atoms with van der Waals surface area (Å²) in [5.41, 5.74) is 3.29. The van der Waals surface area contributed by atoms with Crippen molar-refractivity contribution in [2.24, 2.45) is 5.92 Å². The van der Waals surface area contributed by atoms with Crippen molar-refractivity contribution in [3.63, 3.8) is 0 Å². The number of rotatable bonds is 2. The molecule has 0 spiro atoms. The molecule has 1 N–H and O–H groups in total. The third-order valence-corrected chi connectivity index (χ3v) is 4.84. The zero-order chi connectivity index (χ0) is 14.1. The molecule has 2 aromatic rings. The van der Waals surface area contributed by atoms with Crippen molar-refractivity contribution in [3.8, 4) is 0 Å². The molecular formula is C16H13BrClNO. The van der Waals surface area contributed by atoms with E-state index in [2.05, 4.69) is 33.4 Å². The van der Waals surface area contributed by atoms with Gasteiger partial charge >= 0.3 is 0 Å². The first kappa shape index (κ1) is 13.7. The molecule has 3 rings (SSSR count). The fraction of sp³-hybridized carbons (Fsp3) is 0.188. The molecule has 2 aromatic carbocycles. The van der Waals surface area contributed by atoms with Gasteiger partial charge in [0.2, 0.25) is 5.91 Å². The van der Waals surface area contributed by atoms with E-state index in [1.807, 2.05) is 24.3 Å². The van der Waals surface area contributed by atoms with E-state index in [0.717, 1.165) is 23.0 Å². The standard InChI is InChI=1S/C16H13BrClNO/c17-14-6-5-13(9-15(14)18)19-16(20)12-7-10-3-1-2-4-11(10)8-12/h1-6,9,12H,7-8H2,(H,19,20). The van der Waals surface area contributed by atoms with Crippen molar-refractivity contribution in [3.05, 3.63) is 63.1 Å². The third kappa shape index (κ3) is 2.74. The summed E-state index contributed by atoms with van der Waals surface area (Å²) in [4.78, 5) is 12.3. The summed E-state index contributed by atoms with van der Waals surface area (Å²) in [7, 11) is 0. The van der Waals surface area contributed by atoms with Gasteiger partial charge in [-0.1, -0.05) is 35.9 Å². The summed E-state index contributed by atoms with van der Waals surface area (Å²) in [6.45, 7) is 0. The van der Waals surface area contributed by atoms with Crippen molar-refractivity contribution in [2.45, 2.75) is 12.8 Å². The zero-order valence-corrected chi connectivity index (χ0v) is 13.0. The summed E-state index contributed by atoms with van der Waals surface area (Å²) in [5, 5.41) is 3.54. The molecule has 1 aliphatic rings. The highest BCUT2D eigenvalue weighted by Crippen LogP contribution is 2.29. The van der Waals surface area contributed by atoms with Gasteiger partial charge in [-0.15, -0.1) is 0 Å². The molecule has 0 aromatic heterocycles. The van der Waals surface area contributed by atoms with E-state index in [4.69, 9.17) is 11.6 Å². The Labute approximate surface area is 131 Å². The van der Waals surface area contributed by atoms with Crippen LogP contribution in [0.5, 0.6) is 0 Å². The Morgan fingerprint density at radius 1 is 1.15 bits per heavy atom. The molecule has 0 atom stereocenters. The van der Waals surface area contributed by atoms with E-state index < -0.39 is 0 Å². The molecule has 0 radical (unpaired) electrons. The lowest BCUT2D eigenvalue weighted by Crippen LogP contribution is -2.23. The molecule has 1 aliphatic carbocycles. The maximum absolute atomic E-state index is 12.3. The molecule has 0 aliphatic heterocycles. The predicted molar refractivity (Wildman–Crippen MR) is 85.1 cm³/mol. The molecular weight excluding hydrogens is 338 g/mol. The number of amides is 1. The van der Waals surface area contributed by atoms with Gasteiger partial charge in [-0.25, -0.2) is 0 Å². The van der Waals surface area contributed by atoms with Crippen molar-refractivity contribution in [1.82, 2.24) is 0 Å². The number of hydrogen-bond acceptors (Lipinski definition) is 1. The largest absolute Gasteiger partial charge is 0.326 e. The Hall–Kier alpha value is -1.32. The van der Waals surface area contributed by atoms with Crippen molar-refractivity contribution in [1.29, 1.82) is 0 Å². The molecule has 1 amide bonds. The van der Waals surface area contributed by atoms with E-state index in [9.17, 15) is 4.79 Å². The summed E-state index contributed by atoms with van der Waals surface area (Å²) in [5.74, 6) is 0.0643. The Morgan fingerprint density at radius 2 is 1.80 bits per heavy atom. The Balaban J connectivity index is 1.71. The second-order valence-electron chi connectivity index (χ2n) is 4.99. The SMILES string of the molecule is O=C(Nc1ccc(Br)c(Cl)c1)C1Cc2ccccc2C1. The van der Waals surface area contributed by atoms with Crippen LogP contribution in [0.3, 0.4) is 0 Å². The predicted octanol–water partition coefficient (Wildman–Crippen LogP) is 4.46. The van der Waals surface area contributed by atoms with Crippen LogP contribution >= 0.6 is 27.5 Å². The van der Waals surface area contributed by atoms with Gasteiger partial charge in [0.25, 0.3) is 0 Å². The lowest BCUT2D eigenvalue weighted by atomic mass is 10.1. The average Bonchev–Trinajstić information content (AvgIpc) is 2.87. The fourth-order valence-corrected chi connectivity index (χ4v) is 2.99. The van der Waals surface area contributed by atoms with E-state index >= 15 is 0 Å². The maximum atomic E-state index is 12.3. The van der Waals surface area contributed by atoms with Gasteiger partial charge in [-0.05, 0) is 58.1 Å². The smallest absolute Gasteiger partial charge is 0.228 e. The number of fused-ring (bicyclic) bond motifs is 1. The lowest BCUT2D eigenvalue weighted by molar-refractivity contribution is -0.119. The molecule has 0 bridgehead atoms. The zero-order valence-electron chi connectivity index (χ0n) is 10.7. The second-order valence-corrected chi connectivity index (χ2v) is 6.25. The molecule has 0 unspecified atom stereocenters. The highest BCUT2D eigenvalue weighted by molar-refractivity contribution is 9.10. The lowest BCUT2D eigenvalue weighted by Gasteiger charge is -2.11. The third-order valence-electron chi connectivity index (χ3n) is 3.61. The average molecular weight is 351 g/mol. The highest BCUT2D eigenvalue weighted by Gasteiger charge is 2.27. The Bertz CT molecular complexity index is 646. The summed E-state index contributed by atoms with van der Waals surface area (Å²) in [6.07, 6.45) is 1.62. The van der Waals surface area contributed by atoms with Gasteiger partial charge in [-0.2, -0.15) is 0 Å². The molecule has 0 fully saturated rings. The van der Waals surface area contributed by atoms with Crippen molar-refractivity contribution >= 4 is 39.1 Å². The number of carbonyl (C=O) groups excluding carboxylic acids is 1. The van der Waals surface area contributed by atoms with Crippen LogP contribution in [0, 0.1) is 5.92 Å². The van der Waals surface area contributed by atoms with E-state index in [1.165, 1.54) is 11.1 Å². The van der Waals surface area contributed by atoms with Gasteiger partial charge < -0.3 is 5.32 Å². The molecule has 0 heterocycles. The molecule has 0 saturated heterocycles. The van der Waals surface area contributed by atoms with Gasteiger partial charge in [0.15, 0.2) is 0 Å². The summed E-state index contributed by atoms with van der Waals surface area (Å²) >= 11 is 9.37. The van der Waals surface area contributed by atoms with Crippen LogP contribution in [-0.4, -0.2) is 5.91 Å². The van der Waals surface area contributed by atoms with Crippen LogP contribution in [-0.2, 0) is 17.6 Å². The molecule has 4 heteroatoms. The first-order valence-corrected chi connectivity index (χ1v) is 7.63. The highest BCUT2D eigenvalue weighted by atomic mass is 79.9. The van der Waals surface area contributed by atoms with Crippen LogP contribution < -0.4 is 5.32 Å². The van der Waals surface area contributed by atoms with Crippen LogP contribution in [0.15, 0.2) is 46.9 Å². The minimum atomic E-state index is 0.00909. The minimum Gasteiger partial charge on any atom is -0.326 e.